The van der Waals surface area contributed by atoms with Gasteiger partial charge in [-0.2, -0.15) is 18.3 Å². The van der Waals surface area contributed by atoms with E-state index in [0.717, 1.165) is 23.1 Å². The highest BCUT2D eigenvalue weighted by Crippen LogP contribution is 2.36. The van der Waals surface area contributed by atoms with Crippen molar-refractivity contribution >= 4 is 5.91 Å². The van der Waals surface area contributed by atoms with E-state index in [1.165, 1.54) is 16.8 Å². The van der Waals surface area contributed by atoms with E-state index in [9.17, 15) is 22.4 Å². The minimum atomic E-state index is -4.57. The number of carbonyl (C=O) groups is 1. The zero-order valence-electron chi connectivity index (χ0n) is 21.4. The SMILES string of the molecule is Cc1ccccc1-c1cccnc1C(CNC(=O)Cn1nc(C(F)(F)F)c2c1CCCC2)c1cccc(F)c1. The second kappa shape index (κ2) is 11.0. The van der Waals surface area contributed by atoms with Crippen LogP contribution >= 0.6 is 0 Å². The maximum atomic E-state index is 14.3. The first-order valence-corrected chi connectivity index (χ1v) is 12.9. The molecule has 1 atom stereocenters. The number of benzene rings is 2. The molecule has 2 aromatic carbocycles. The summed E-state index contributed by atoms with van der Waals surface area (Å²) in [5, 5.41) is 6.64. The van der Waals surface area contributed by atoms with Crippen LogP contribution in [0.4, 0.5) is 17.6 Å². The Hall–Kier alpha value is -4.01. The smallest absolute Gasteiger partial charge is 0.353 e. The van der Waals surface area contributed by atoms with E-state index in [1.807, 2.05) is 43.3 Å². The Kier molecular flexibility index (Phi) is 7.50. The number of nitrogens with one attached hydrogen (secondary N) is 1. The highest BCUT2D eigenvalue weighted by Gasteiger charge is 2.39. The molecule has 39 heavy (non-hydrogen) atoms. The summed E-state index contributed by atoms with van der Waals surface area (Å²) in [6, 6.07) is 17.7. The van der Waals surface area contributed by atoms with Crippen LogP contribution in [0.15, 0.2) is 66.9 Å². The number of pyridine rings is 1. The molecule has 0 bridgehead atoms. The highest BCUT2D eigenvalue weighted by atomic mass is 19.4. The lowest BCUT2D eigenvalue weighted by molar-refractivity contribution is -0.142. The van der Waals surface area contributed by atoms with Crippen molar-refractivity contribution in [3.05, 3.63) is 106 Å². The molecule has 0 aliphatic heterocycles. The third kappa shape index (κ3) is 5.72. The van der Waals surface area contributed by atoms with E-state index in [0.29, 0.717) is 36.2 Å². The number of alkyl halides is 3. The molecule has 202 valence electrons. The highest BCUT2D eigenvalue weighted by molar-refractivity contribution is 5.76. The number of carbonyl (C=O) groups excluding carboxylic acids is 1. The maximum absolute atomic E-state index is 14.3. The van der Waals surface area contributed by atoms with E-state index in [-0.39, 0.29) is 18.7 Å². The molecular formula is C30H28F4N4O. The van der Waals surface area contributed by atoms with Crippen molar-refractivity contribution in [1.82, 2.24) is 20.1 Å². The maximum Gasteiger partial charge on any atom is 0.435 e. The van der Waals surface area contributed by atoms with E-state index >= 15 is 0 Å². The van der Waals surface area contributed by atoms with Crippen LogP contribution in [0, 0.1) is 12.7 Å². The van der Waals surface area contributed by atoms with Gasteiger partial charge in [0.05, 0.1) is 5.69 Å². The molecule has 1 unspecified atom stereocenters. The summed E-state index contributed by atoms with van der Waals surface area (Å²) in [4.78, 5) is 17.7. The van der Waals surface area contributed by atoms with Crippen LogP contribution in [0.2, 0.25) is 0 Å². The van der Waals surface area contributed by atoms with Gasteiger partial charge in [0.15, 0.2) is 5.69 Å². The first-order valence-electron chi connectivity index (χ1n) is 12.9. The summed E-state index contributed by atoms with van der Waals surface area (Å²) in [6.07, 6.45) is -0.756. The van der Waals surface area contributed by atoms with Crippen molar-refractivity contribution in [2.75, 3.05) is 6.54 Å². The molecule has 0 spiro atoms. The second-order valence-corrected chi connectivity index (χ2v) is 9.80. The van der Waals surface area contributed by atoms with Crippen LogP contribution in [0.5, 0.6) is 0 Å². The number of hydrogen-bond acceptors (Lipinski definition) is 3. The molecule has 0 fully saturated rings. The van der Waals surface area contributed by atoms with Crippen molar-refractivity contribution in [3.8, 4) is 11.1 Å². The molecule has 9 heteroatoms. The van der Waals surface area contributed by atoms with E-state index in [1.54, 1.807) is 18.3 Å². The molecule has 5 rings (SSSR count). The molecule has 0 saturated carbocycles. The molecular weight excluding hydrogens is 508 g/mol. The van der Waals surface area contributed by atoms with Gasteiger partial charge in [-0.25, -0.2) is 4.39 Å². The lowest BCUT2D eigenvalue weighted by atomic mass is 9.88. The fourth-order valence-electron chi connectivity index (χ4n) is 5.33. The number of halogens is 4. The van der Waals surface area contributed by atoms with Gasteiger partial charge in [-0.15, -0.1) is 0 Å². The third-order valence-electron chi connectivity index (χ3n) is 7.18. The van der Waals surface area contributed by atoms with Gasteiger partial charge >= 0.3 is 6.18 Å². The van der Waals surface area contributed by atoms with Crippen molar-refractivity contribution in [3.63, 3.8) is 0 Å². The quantitative estimate of drug-likeness (QED) is 0.285. The van der Waals surface area contributed by atoms with Gasteiger partial charge in [-0.1, -0.05) is 42.5 Å². The lowest BCUT2D eigenvalue weighted by Crippen LogP contribution is -2.33. The van der Waals surface area contributed by atoms with Gasteiger partial charge in [-0.3, -0.25) is 14.5 Å². The zero-order chi connectivity index (χ0) is 27.6. The molecule has 1 aliphatic rings. The lowest BCUT2D eigenvalue weighted by Gasteiger charge is -2.22. The van der Waals surface area contributed by atoms with Crippen molar-refractivity contribution in [2.24, 2.45) is 0 Å². The largest absolute Gasteiger partial charge is 0.435 e. The van der Waals surface area contributed by atoms with Gasteiger partial charge in [0.2, 0.25) is 5.91 Å². The molecule has 4 aromatic rings. The molecule has 1 N–H and O–H groups in total. The number of amides is 1. The molecule has 5 nitrogen and oxygen atoms in total. The first-order chi connectivity index (χ1) is 18.7. The van der Waals surface area contributed by atoms with E-state index < -0.39 is 29.5 Å². The Balaban J connectivity index is 1.44. The fourth-order valence-corrected chi connectivity index (χ4v) is 5.33. The van der Waals surface area contributed by atoms with Gasteiger partial charge in [0.25, 0.3) is 0 Å². The predicted octanol–water partition coefficient (Wildman–Crippen LogP) is 6.24. The Morgan fingerprint density at radius 2 is 1.79 bits per heavy atom. The van der Waals surface area contributed by atoms with Crippen LogP contribution in [0.3, 0.4) is 0 Å². The van der Waals surface area contributed by atoms with Crippen molar-refractivity contribution in [2.45, 2.75) is 51.2 Å². The molecule has 1 aliphatic carbocycles. The second-order valence-electron chi connectivity index (χ2n) is 9.80. The summed E-state index contributed by atoms with van der Waals surface area (Å²) >= 11 is 0. The Morgan fingerprint density at radius 1 is 1.03 bits per heavy atom. The standard InChI is InChI=1S/C30H28F4N4O/c1-19-8-2-3-11-22(19)23-13-7-15-35-28(23)25(20-9-6-10-21(31)16-20)17-36-27(39)18-38-26-14-5-4-12-24(26)29(37-38)30(32,33)34/h2-3,6-11,13,15-16,25H,4-5,12,14,17-18H2,1H3,(H,36,39). The summed E-state index contributed by atoms with van der Waals surface area (Å²) < 4.78 is 56.2. The zero-order valence-corrected chi connectivity index (χ0v) is 21.4. The van der Waals surface area contributed by atoms with Crippen molar-refractivity contribution < 1.29 is 22.4 Å². The fraction of sp³-hybridized carbons (Fsp3) is 0.300. The number of aryl methyl sites for hydroxylation is 1. The summed E-state index contributed by atoms with van der Waals surface area (Å²) in [5.74, 6) is -1.40. The average molecular weight is 537 g/mol. The third-order valence-corrected chi connectivity index (χ3v) is 7.18. The van der Waals surface area contributed by atoms with Gasteiger partial charge in [-0.05, 0) is 67.5 Å². The average Bonchev–Trinajstić information content (AvgIpc) is 3.28. The van der Waals surface area contributed by atoms with Crippen LogP contribution < -0.4 is 5.32 Å². The number of nitrogens with zero attached hydrogens (tertiary/aromatic N) is 3. The molecule has 2 aromatic heterocycles. The van der Waals surface area contributed by atoms with E-state index in [2.05, 4.69) is 15.4 Å². The van der Waals surface area contributed by atoms with Gasteiger partial charge < -0.3 is 5.32 Å². The Labute approximate surface area is 223 Å². The first kappa shape index (κ1) is 26.6. The number of aromatic nitrogens is 3. The Morgan fingerprint density at radius 3 is 2.56 bits per heavy atom. The topological polar surface area (TPSA) is 59.8 Å². The van der Waals surface area contributed by atoms with Crippen LogP contribution in [-0.2, 0) is 30.4 Å². The molecule has 0 radical (unpaired) electrons. The number of rotatable bonds is 7. The van der Waals surface area contributed by atoms with Gasteiger partial charge in [0, 0.05) is 35.5 Å². The normalized spacial score (nSPS) is 14.1. The minimum absolute atomic E-state index is 0.0772. The summed E-state index contributed by atoms with van der Waals surface area (Å²) in [5.41, 5.74) is 3.91. The minimum Gasteiger partial charge on any atom is -0.353 e. The molecule has 0 saturated heterocycles. The van der Waals surface area contributed by atoms with Crippen molar-refractivity contribution in [1.29, 1.82) is 0 Å². The van der Waals surface area contributed by atoms with E-state index in [4.69, 9.17) is 0 Å². The summed E-state index contributed by atoms with van der Waals surface area (Å²) in [7, 11) is 0. The molecule has 2 heterocycles. The molecule has 1 amide bonds. The number of fused-ring (bicyclic) bond motifs is 1. The predicted molar refractivity (Wildman–Crippen MR) is 140 cm³/mol. The van der Waals surface area contributed by atoms with Crippen LogP contribution in [0.25, 0.3) is 11.1 Å². The van der Waals surface area contributed by atoms with Crippen LogP contribution in [0.1, 0.15) is 52.5 Å². The number of hydrogen-bond donors (Lipinski definition) is 1. The Bertz CT molecular complexity index is 1490. The monoisotopic (exact) mass is 536 g/mol. The van der Waals surface area contributed by atoms with Gasteiger partial charge in [0.1, 0.15) is 12.4 Å². The van der Waals surface area contributed by atoms with Crippen LogP contribution in [-0.4, -0.2) is 27.2 Å². The summed E-state index contributed by atoms with van der Waals surface area (Å²) in [6.45, 7) is 1.74.